The molecule has 2 aliphatic rings. The van der Waals surface area contributed by atoms with E-state index in [1.165, 1.54) is 12.1 Å². The summed E-state index contributed by atoms with van der Waals surface area (Å²) < 4.78 is 18.2. The van der Waals surface area contributed by atoms with Gasteiger partial charge in [0.15, 0.2) is 0 Å². The Balaban J connectivity index is 1.38. The molecule has 0 bridgehead atoms. The fourth-order valence-electron chi connectivity index (χ4n) is 3.55. The molecule has 0 aliphatic carbocycles. The van der Waals surface area contributed by atoms with Crippen molar-refractivity contribution in [2.45, 2.75) is 19.4 Å². The third-order valence-corrected chi connectivity index (χ3v) is 5.42. The van der Waals surface area contributed by atoms with E-state index in [9.17, 15) is 14.0 Å². The van der Waals surface area contributed by atoms with Crippen LogP contribution in [0.1, 0.15) is 12.5 Å². The molecule has 28 heavy (non-hydrogen) atoms. The largest absolute Gasteiger partial charge is 0.378 e. The van der Waals surface area contributed by atoms with E-state index in [1.54, 1.807) is 12.1 Å². The third kappa shape index (κ3) is 5.42. The number of urea groups is 1. The number of amides is 3. The van der Waals surface area contributed by atoms with Crippen molar-refractivity contribution in [3.63, 3.8) is 0 Å². The minimum Gasteiger partial charge on any atom is -0.378 e. The number of hydrogen-bond donors (Lipinski definition) is 1. The van der Waals surface area contributed by atoms with Gasteiger partial charge in [0, 0.05) is 45.8 Å². The van der Waals surface area contributed by atoms with Crippen LogP contribution in [-0.2, 0) is 16.0 Å². The van der Waals surface area contributed by atoms with Crippen molar-refractivity contribution in [2.75, 3.05) is 59.0 Å². The summed E-state index contributed by atoms with van der Waals surface area (Å²) in [6.45, 7) is 7.52. The van der Waals surface area contributed by atoms with Gasteiger partial charge in [0.1, 0.15) is 5.82 Å². The number of ether oxygens (including phenoxy) is 1. The van der Waals surface area contributed by atoms with Crippen molar-refractivity contribution in [1.29, 1.82) is 0 Å². The SMILES string of the molecule is CC(C(=O)NCCc1ccc(F)cc1)N1CCN(C(=O)N2CCOCC2)CC1. The highest BCUT2D eigenvalue weighted by atomic mass is 19.1. The number of piperazine rings is 1. The number of rotatable bonds is 5. The van der Waals surface area contributed by atoms with E-state index in [0.29, 0.717) is 65.4 Å². The number of carbonyl (C=O) groups excluding carboxylic acids is 2. The Bertz CT molecular complexity index is 656. The van der Waals surface area contributed by atoms with Crippen molar-refractivity contribution < 1.29 is 18.7 Å². The van der Waals surface area contributed by atoms with Crippen LogP contribution >= 0.6 is 0 Å². The molecule has 0 radical (unpaired) electrons. The molecule has 2 fully saturated rings. The van der Waals surface area contributed by atoms with Gasteiger partial charge in [0.25, 0.3) is 0 Å². The Morgan fingerprint density at radius 1 is 1.04 bits per heavy atom. The van der Waals surface area contributed by atoms with E-state index >= 15 is 0 Å². The first-order chi connectivity index (χ1) is 13.5. The molecule has 3 amide bonds. The monoisotopic (exact) mass is 392 g/mol. The van der Waals surface area contributed by atoms with Gasteiger partial charge in [0.05, 0.1) is 19.3 Å². The lowest BCUT2D eigenvalue weighted by atomic mass is 10.1. The van der Waals surface area contributed by atoms with Crippen LogP contribution < -0.4 is 5.32 Å². The summed E-state index contributed by atoms with van der Waals surface area (Å²) in [5.74, 6) is -0.275. The Kier molecular flexibility index (Phi) is 7.22. The molecule has 7 nitrogen and oxygen atoms in total. The standard InChI is InChI=1S/C20H29FN4O3/c1-16(19(26)22-7-6-17-2-4-18(21)5-3-17)23-8-10-24(11-9-23)20(27)25-12-14-28-15-13-25/h2-5,16H,6-15H2,1H3,(H,22,26). The zero-order valence-corrected chi connectivity index (χ0v) is 16.4. The second-order valence-corrected chi connectivity index (χ2v) is 7.25. The van der Waals surface area contributed by atoms with E-state index in [4.69, 9.17) is 4.74 Å². The molecule has 154 valence electrons. The van der Waals surface area contributed by atoms with Gasteiger partial charge in [-0.3, -0.25) is 9.69 Å². The van der Waals surface area contributed by atoms with Crippen molar-refractivity contribution >= 4 is 11.9 Å². The van der Waals surface area contributed by atoms with Gasteiger partial charge in [-0.25, -0.2) is 9.18 Å². The molecule has 3 rings (SSSR count). The van der Waals surface area contributed by atoms with Crippen LogP contribution in [0.2, 0.25) is 0 Å². The zero-order valence-electron chi connectivity index (χ0n) is 16.4. The molecule has 1 aromatic rings. The summed E-state index contributed by atoms with van der Waals surface area (Å²) in [6, 6.07) is 6.15. The number of nitrogens with zero attached hydrogens (tertiary/aromatic N) is 3. The van der Waals surface area contributed by atoms with Crippen LogP contribution in [0.4, 0.5) is 9.18 Å². The summed E-state index contributed by atoms with van der Waals surface area (Å²) in [6.07, 6.45) is 0.667. The first-order valence-corrected chi connectivity index (χ1v) is 9.92. The van der Waals surface area contributed by atoms with Crippen LogP contribution in [0.3, 0.4) is 0 Å². The molecule has 2 heterocycles. The number of nitrogens with one attached hydrogen (secondary N) is 1. The number of benzene rings is 1. The predicted octanol–water partition coefficient (Wildman–Crippen LogP) is 0.943. The van der Waals surface area contributed by atoms with Crippen LogP contribution in [0.5, 0.6) is 0 Å². The van der Waals surface area contributed by atoms with Gasteiger partial charge < -0.3 is 19.9 Å². The average Bonchev–Trinajstić information content (AvgIpc) is 2.74. The smallest absolute Gasteiger partial charge is 0.320 e. The van der Waals surface area contributed by atoms with E-state index in [-0.39, 0.29) is 23.8 Å². The Hall–Kier alpha value is -2.19. The van der Waals surface area contributed by atoms with Crippen molar-refractivity contribution in [3.8, 4) is 0 Å². The lowest BCUT2D eigenvalue weighted by molar-refractivity contribution is -0.126. The van der Waals surface area contributed by atoms with Crippen LogP contribution in [0, 0.1) is 5.82 Å². The molecule has 0 saturated carbocycles. The fourth-order valence-corrected chi connectivity index (χ4v) is 3.55. The topological polar surface area (TPSA) is 65.1 Å². The third-order valence-electron chi connectivity index (χ3n) is 5.42. The minimum atomic E-state index is -0.257. The van der Waals surface area contributed by atoms with Crippen LogP contribution in [-0.4, -0.2) is 91.7 Å². The number of halogens is 1. The normalized spacial score (nSPS) is 19.4. The second kappa shape index (κ2) is 9.84. The van der Waals surface area contributed by atoms with Crippen LogP contribution in [0.25, 0.3) is 0 Å². The van der Waals surface area contributed by atoms with Crippen LogP contribution in [0.15, 0.2) is 24.3 Å². The molecule has 0 spiro atoms. The Labute approximate surface area is 165 Å². The Morgan fingerprint density at radius 2 is 1.64 bits per heavy atom. The van der Waals surface area contributed by atoms with E-state index in [0.717, 1.165) is 5.56 Å². The minimum absolute atomic E-state index is 0.0185. The molecule has 8 heteroatoms. The first-order valence-electron chi connectivity index (χ1n) is 9.92. The zero-order chi connectivity index (χ0) is 19.9. The molecular formula is C20H29FN4O3. The Morgan fingerprint density at radius 3 is 2.29 bits per heavy atom. The lowest BCUT2D eigenvalue weighted by Gasteiger charge is -2.40. The van der Waals surface area contributed by atoms with E-state index in [2.05, 4.69) is 10.2 Å². The molecule has 1 aromatic carbocycles. The number of morpholine rings is 1. The predicted molar refractivity (Wildman–Crippen MR) is 104 cm³/mol. The quantitative estimate of drug-likeness (QED) is 0.810. The molecule has 0 aromatic heterocycles. The average molecular weight is 392 g/mol. The molecule has 1 N–H and O–H groups in total. The number of carbonyl (C=O) groups is 2. The van der Waals surface area contributed by atoms with Gasteiger partial charge in [-0.05, 0) is 31.0 Å². The van der Waals surface area contributed by atoms with Gasteiger partial charge in [0.2, 0.25) is 5.91 Å². The van der Waals surface area contributed by atoms with E-state index in [1.807, 2.05) is 16.7 Å². The maximum atomic E-state index is 12.9. The van der Waals surface area contributed by atoms with Crippen molar-refractivity contribution in [3.05, 3.63) is 35.6 Å². The van der Waals surface area contributed by atoms with Gasteiger partial charge >= 0.3 is 6.03 Å². The molecule has 2 aliphatic heterocycles. The highest BCUT2D eigenvalue weighted by Crippen LogP contribution is 2.10. The van der Waals surface area contributed by atoms with Gasteiger partial charge in [-0.2, -0.15) is 0 Å². The first kappa shape index (κ1) is 20.5. The highest BCUT2D eigenvalue weighted by Gasteiger charge is 2.29. The molecule has 1 unspecified atom stereocenters. The summed E-state index contributed by atoms with van der Waals surface area (Å²) in [5, 5.41) is 2.95. The highest BCUT2D eigenvalue weighted by molar-refractivity contribution is 5.81. The molecular weight excluding hydrogens is 363 g/mol. The number of hydrogen-bond acceptors (Lipinski definition) is 4. The maximum absolute atomic E-state index is 12.9. The summed E-state index contributed by atoms with van der Waals surface area (Å²) in [4.78, 5) is 30.8. The van der Waals surface area contributed by atoms with E-state index < -0.39 is 0 Å². The lowest BCUT2D eigenvalue weighted by Crippen LogP contribution is -2.58. The maximum Gasteiger partial charge on any atom is 0.320 e. The van der Waals surface area contributed by atoms with Crippen molar-refractivity contribution in [2.24, 2.45) is 0 Å². The molecule has 1 atom stereocenters. The summed E-state index contributed by atoms with van der Waals surface area (Å²) in [7, 11) is 0. The fraction of sp³-hybridized carbons (Fsp3) is 0.600. The second-order valence-electron chi connectivity index (χ2n) is 7.25. The van der Waals surface area contributed by atoms with Gasteiger partial charge in [-0.1, -0.05) is 12.1 Å². The van der Waals surface area contributed by atoms with Gasteiger partial charge in [-0.15, -0.1) is 0 Å². The summed E-state index contributed by atoms with van der Waals surface area (Å²) in [5.41, 5.74) is 0.990. The molecule has 2 saturated heterocycles. The van der Waals surface area contributed by atoms with Crippen molar-refractivity contribution in [1.82, 2.24) is 20.0 Å². The summed E-state index contributed by atoms with van der Waals surface area (Å²) >= 11 is 0.